The average Bonchev–Trinajstić information content (AvgIpc) is 3.20. The van der Waals surface area contributed by atoms with E-state index < -0.39 is 17.8 Å². The molecular formula is C29H27FN4O2. The van der Waals surface area contributed by atoms with Gasteiger partial charge in [-0.05, 0) is 74.2 Å². The van der Waals surface area contributed by atoms with Crippen LogP contribution in [0.5, 0.6) is 0 Å². The number of carbonyl (C=O) groups is 2. The van der Waals surface area contributed by atoms with E-state index in [1.54, 1.807) is 29.2 Å². The van der Waals surface area contributed by atoms with Gasteiger partial charge in [-0.15, -0.1) is 0 Å². The summed E-state index contributed by atoms with van der Waals surface area (Å²) in [5, 5.41) is 7.17. The molecule has 3 aromatic carbocycles. The maximum atomic E-state index is 14.2. The van der Waals surface area contributed by atoms with Gasteiger partial charge in [-0.3, -0.25) is 19.2 Å². The van der Waals surface area contributed by atoms with Crippen molar-refractivity contribution in [2.24, 2.45) is 0 Å². The third kappa shape index (κ3) is 4.64. The number of carbonyl (C=O) groups excluding carboxylic acids is 2. The molecule has 1 atom stereocenters. The fourth-order valence-electron chi connectivity index (χ4n) is 4.72. The van der Waals surface area contributed by atoms with Crippen molar-refractivity contribution >= 4 is 23.2 Å². The Morgan fingerprint density at radius 1 is 1.00 bits per heavy atom. The Balaban J connectivity index is 1.42. The number of amides is 2. The van der Waals surface area contributed by atoms with Gasteiger partial charge in [-0.1, -0.05) is 42.5 Å². The van der Waals surface area contributed by atoms with Gasteiger partial charge in [0.1, 0.15) is 11.9 Å². The summed E-state index contributed by atoms with van der Waals surface area (Å²) in [6.07, 6.45) is 1.09. The highest BCUT2D eigenvalue weighted by Crippen LogP contribution is 2.33. The van der Waals surface area contributed by atoms with Crippen LogP contribution in [0.1, 0.15) is 39.3 Å². The van der Waals surface area contributed by atoms with Gasteiger partial charge in [0, 0.05) is 16.9 Å². The molecule has 1 aromatic heterocycles. The van der Waals surface area contributed by atoms with Crippen LogP contribution in [-0.4, -0.2) is 27.6 Å². The van der Waals surface area contributed by atoms with Crippen molar-refractivity contribution in [3.05, 3.63) is 113 Å². The van der Waals surface area contributed by atoms with E-state index in [1.807, 2.05) is 61.0 Å². The molecule has 0 spiro atoms. The molecule has 4 aromatic rings. The minimum Gasteiger partial charge on any atom is -0.322 e. The third-order valence-corrected chi connectivity index (χ3v) is 6.54. The van der Waals surface area contributed by atoms with E-state index in [4.69, 9.17) is 0 Å². The lowest BCUT2D eigenvalue weighted by Crippen LogP contribution is -2.50. The number of benzene rings is 3. The van der Waals surface area contributed by atoms with Gasteiger partial charge in [0.25, 0.3) is 5.91 Å². The van der Waals surface area contributed by atoms with Gasteiger partial charge in [0.15, 0.2) is 0 Å². The molecular weight excluding hydrogens is 455 g/mol. The van der Waals surface area contributed by atoms with Gasteiger partial charge in [-0.2, -0.15) is 5.10 Å². The highest BCUT2D eigenvalue weighted by atomic mass is 19.1. The Hall–Kier alpha value is -4.26. The number of aromatic nitrogens is 2. The third-order valence-electron chi connectivity index (χ3n) is 6.54. The molecule has 182 valence electrons. The van der Waals surface area contributed by atoms with Gasteiger partial charge < -0.3 is 5.32 Å². The molecule has 0 fully saturated rings. The van der Waals surface area contributed by atoms with Crippen molar-refractivity contribution in [1.82, 2.24) is 9.78 Å². The van der Waals surface area contributed by atoms with E-state index in [2.05, 4.69) is 10.4 Å². The van der Waals surface area contributed by atoms with Gasteiger partial charge >= 0.3 is 0 Å². The molecule has 2 heterocycles. The van der Waals surface area contributed by atoms with Gasteiger partial charge in [-0.25, -0.2) is 4.39 Å². The first kappa shape index (κ1) is 23.5. The molecule has 0 radical (unpaired) electrons. The standard InChI is InChI=1S/C29H27FN4O2/c1-19-17-20(2)33(32-19)18-21-11-13-23(14-12-21)29(36)34-26-10-6-3-7-22(26)15-16-27(34)28(35)31-25-9-5-4-8-24(25)30/h3-14,17,27H,15-16,18H2,1-2H3,(H,31,35)/t27-/m0/s1. The molecule has 0 unspecified atom stereocenters. The van der Waals surface area contributed by atoms with E-state index >= 15 is 0 Å². The minimum absolute atomic E-state index is 0.0993. The van der Waals surface area contributed by atoms with E-state index in [1.165, 1.54) is 12.1 Å². The topological polar surface area (TPSA) is 67.2 Å². The highest BCUT2D eigenvalue weighted by molar-refractivity contribution is 6.12. The van der Waals surface area contributed by atoms with Crippen molar-refractivity contribution < 1.29 is 14.0 Å². The smallest absolute Gasteiger partial charge is 0.259 e. The van der Waals surface area contributed by atoms with Crippen molar-refractivity contribution in [2.75, 3.05) is 10.2 Å². The molecule has 2 amide bonds. The van der Waals surface area contributed by atoms with Crippen LogP contribution >= 0.6 is 0 Å². The molecule has 7 heteroatoms. The quantitative estimate of drug-likeness (QED) is 0.420. The first-order valence-electron chi connectivity index (χ1n) is 12.0. The number of nitrogens with zero attached hydrogens (tertiary/aromatic N) is 3. The monoisotopic (exact) mass is 482 g/mol. The molecule has 1 aliphatic heterocycles. The number of para-hydroxylation sites is 2. The summed E-state index contributed by atoms with van der Waals surface area (Å²) in [4.78, 5) is 28.6. The molecule has 6 nitrogen and oxygen atoms in total. The van der Waals surface area contributed by atoms with E-state index in [9.17, 15) is 14.0 Å². The molecule has 1 N–H and O–H groups in total. The number of anilines is 2. The van der Waals surface area contributed by atoms with Crippen molar-refractivity contribution in [3.8, 4) is 0 Å². The Labute approximate surface area is 209 Å². The van der Waals surface area contributed by atoms with Crippen LogP contribution in [0.15, 0.2) is 78.9 Å². The Bertz CT molecular complexity index is 1430. The van der Waals surface area contributed by atoms with Crippen molar-refractivity contribution in [3.63, 3.8) is 0 Å². The predicted octanol–water partition coefficient (Wildman–Crippen LogP) is 5.29. The zero-order valence-electron chi connectivity index (χ0n) is 20.2. The number of nitrogens with one attached hydrogen (secondary N) is 1. The second-order valence-corrected chi connectivity index (χ2v) is 9.11. The Kier molecular flexibility index (Phi) is 6.38. The second kappa shape index (κ2) is 9.77. The van der Waals surface area contributed by atoms with Gasteiger partial charge in [0.2, 0.25) is 5.91 Å². The van der Waals surface area contributed by atoms with Crippen LogP contribution in [0.4, 0.5) is 15.8 Å². The lowest BCUT2D eigenvalue weighted by molar-refractivity contribution is -0.117. The number of halogens is 1. The fourth-order valence-corrected chi connectivity index (χ4v) is 4.72. The van der Waals surface area contributed by atoms with Crippen molar-refractivity contribution in [1.29, 1.82) is 0 Å². The molecule has 36 heavy (non-hydrogen) atoms. The maximum absolute atomic E-state index is 14.2. The number of aryl methyl sites for hydroxylation is 3. The molecule has 5 rings (SSSR count). The van der Waals surface area contributed by atoms with Crippen LogP contribution in [0.2, 0.25) is 0 Å². The largest absolute Gasteiger partial charge is 0.322 e. The summed E-state index contributed by atoms with van der Waals surface area (Å²) in [6, 6.07) is 22.3. The zero-order chi connectivity index (χ0) is 25.2. The summed E-state index contributed by atoms with van der Waals surface area (Å²) < 4.78 is 16.1. The highest BCUT2D eigenvalue weighted by Gasteiger charge is 2.36. The first-order chi connectivity index (χ1) is 17.4. The summed E-state index contributed by atoms with van der Waals surface area (Å²) in [5.74, 6) is -1.20. The molecule has 0 bridgehead atoms. The lowest BCUT2D eigenvalue weighted by atomic mass is 9.94. The fraction of sp³-hybridized carbons (Fsp3) is 0.207. The van der Waals surface area contributed by atoms with Crippen molar-refractivity contribution in [2.45, 2.75) is 39.3 Å². The van der Waals surface area contributed by atoms with Crippen LogP contribution < -0.4 is 10.2 Å². The van der Waals surface area contributed by atoms with E-state index in [0.29, 0.717) is 30.6 Å². The molecule has 0 aliphatic carbocycles. The number of rotatable bonds is 5. The lowest BCUT2D eigenvalue weighted by Gasteiger charge is -2.36. The first-order valence-corrected chi connectivity index (χ1v) is 12.0. The number of fused-ring (bicyclic) bond motifs is 1. The second-order valence-electron chi connectivity index (χ2n) is 9.11. The van der Waals surface area contributed by atoms with Crippen LogP contribution in [-0.2, 0) is 17.8 Å². The normalized spacial score (nSPS) is 14.9. The average molecular weight is 483 g/mol. The summed E-state index contributed by atoms with van der Waals surface area (Å²) in [6.45, 7) is 4.58. The summed E-state index contributed by atoms with van der Waals surface area (Å²) >= 11 is 0. The number of hydrogen-bond donors (Lipinski definition) is 1. The molecule has 1 aliphatic rings. The Morgan fingerprint density at radius 3 is 2.44 bits per heavy atom. The minimum atomic E-state index is -0.763. The van der Waals surface area contributed by atoms with Crippen LogP contribution in [0, 0.1) is 19.7 Å². The van der Waals surface area contributed by atoms with Crippen LogP contribution in [0.25, 0.3) is 0 Å². The Morgan fingerprint density at radius 2 is 1.72 bits per heavy atom. The van der Waals surface area contributed by atoms with E-state index in [0.717, 1.165) is 22.5 Å². The van der Waals surface area contributed by atoms with E-state index in [-0.39, 0.29) is 11.6 Å². The number of hydrogen-bond acceptors (Lipinski definition) is 3. The SMILES string of the molecule is Cc1cc(C)n(Cc2ccc(C(=O)N3c4ccccc4CC[C@H]3C(=O)Nc3ccccc3F)cc2)n1. The van der Waals surface area contributed by atoms with Gasteiger partial charge in [0.05, 0.1) is 17.9 Å². The predicted molar refractivity (Wildman–Crippen MR) is 138 cm³/mol. The molecule has 0 saturated heterocycles. The zero-order valence-corrected chi connectivity index (χ0v) is 20.2. The summed E-state index contributed by atoms with van der Waals surface area (Å²) in [7, 11) is 0. The maximum Gasteiger partial charge on any atom is 0.259 e. The van der Waals surface area contributed by atoms with Crippen LogP contribution in [0.3, 0.4) is 0 Å². The summed E-state index contributed by atoms with van der Waals surface area (Å²) in [5.41, 5.74) is 5.33. The molecule has 0 saturated carbocycles.